The van der Waals surface area contributed by atoms with E-state index in [1.54, 1.807) is 9.58 Å². The van der Waals surface area contributed by atoms with Crippen molar-refractivity contribution in [2.24, 2.45) is 7.05 Å². The maximum Gasteiger partial charge on any atom is 0.257 e. The predicted octanol–water partition coefficient (Wildman–Crippen LogP) is 2.92. The summed E-state index contributed by atoms with van der Waals surface area (Å²) in [5.41, 5.74) is 3.41. The van der Waals surface area contributed by atoms with E-state index in [1.807, 2.05) is 51.2 Å². The van der Waals surface area contributed by atoms with Gasteiger partial charge in [0.2, 0.25) is 0 Å². The zero-order chi connectivity index (χ0) is 15.4. The minimum Gasteiger partial charge on any atom is -0.333 e. The van der Waals surface area contributed by atoms with E-state index in [2.05, 4.69) is 5.10 Å². The first-order valence-corrected chi connectivity index (χ1v) is 7.47. The summed E-state index contributed by atoms with van der Waals surface area (Å²) in [7, 11) is 1.85. The number of alkyl halides is 1. The Balaban J connectivity index is 2.27. The molecule has 0 unspecified atom stereocenters. The number of halogens is 1. The Hall–Kier alpha value is -1.81. The van der Waals surface area contributed by atoms with Crippen LogP contribution in [0.2, 0.25) is 0 Å². The summed E-state index contributed by atoms with van der Waals surface area (Å²) in [6.45, 7) is 4.85. The highest BCUT2D eigenvalue weighted by atomic mass is 35.5. The second-order valence-corrected chi connectivity index (χ2v) is 5.45. The van der Waals surface area contributed by atoms with Crippen molar-refractivity contribution in [3.05, 3.63) is 52.8 Å². The Kier molecular flexibility index (Phi) is 5.02. The molecular weight excluding hydrogens is 286 g/mol. The molecule has 21 heavy (non-hydrogen) atoms. The minimum atomic E-state index is -0.0115. The number of carbonyl (C=O) groups excluding carboxylic acids is 1. The van der Waals surface area contributed by atoms with Crippen molar-refractivity contribution in [1.29, 1.82) is 0 Å². The number of aromatic nitrogens is 2. The standard InChI is InChI=1S/C16H20ClN3O/c1-12-15(13(2)19(3)18-12)16(21)20(10-9-17)11-14-7-5-4-6-8-14/h4-8H,9-11H2,1-3H3. The van der Waals surface area contributed by atoms with E-state index < -0.39 is 0 Å². The van der Waals surface area contributed by atoms with Gasteiger partial charge in [0.1, 0.15) is 0 Å². The number of benzene rings is 1. The maximum absolute atomic E-state index is 12.8. The molecule has 2 aromatic rings. The summed E-state index contributed by atoms with van der Waals surface area (Å²) in [6, 6.07) is 9.93. The minimum absolute atomic E-state index is 0.0115. The van der Waals surface area contributed by atoms with Gasteiger partial charge in [-0.25, -0.2) is 0 Å². The van der Waals surface area contributed by atoms with E-state index in [0.717, 1.165) is 17.0 Å². The van der Waals surface area contributed by atoms with Crippen LogP contribution >= 0.6 is 11.6 Å². The summed E-state index contributed by atoms with van der Waals surface area (Å²) in [4.78, 5) is 14.6. The van der Waals surface area contributed by atoms with Crippen LogP contribution < -0.4 is 0 Å². The van der Waals surface area contributed by atoms with E-state index >= 15 is 0 Å². The summed E-state index contributed by atoms with van der Waals surface area (Å²) < 4.78 is 1.74. The molecule has 1 aromatic carbocycles. The van der Waals surface area contributed by atoms with Crippen LogP contribution in [0.15, 0.2) is 30.3 Å². The second kappa shape index (κ2) is 6.76. The summed E-state index contributed by atoms with van der Waals surface area (Å²) in [6.07, 6.45) is 0. The predicted molar refractivity (Wildman–Crippen MR) is 84.6 cm³/mol. The lowest BCUT2D eigenvalue weighted by Crippen LogP contribution is -2.33. The first-order chi connectivity index (χ1) is 10.0. The zero-order valence-electron chi connectivity index (χ0n) is 12.6. The monoisotopic (exact) mass is 305 g/mol. The molecule has 5 heteroatoms. The Labute approximate surface area is 130 Å². The van der Waals surface area contributed by atoms with Crippen LogP contribution in [0.3, 0.4) is 0 Å². The highest BCUT2D eigenvalue weighted by Crippen LogP contribution is 2.16. The van der Waals surface area contributed by atoms with Gasteiger partial charge in [-0.15, -0.1) is 11.6 Å². The van der Waals surface area contributed by atoms with Gasteiger partial charge in [-0.05, 0) is 19.4 Å². The van der Waals surface area contributed by atoms with Crippen molar-refractivity contribution in [2.75, 3.05) is 12.4 Å². The van der Waals surface area contributed by atoms with Gasteiger partial charge in [0.25, 0.3) is 5.91 Å². The topological polar surface area (TPSA) is 38.1 Å². The number of hydrogen-bond donors (Lipinski definition) is 0. The first-order valence-electron chi connectivity index (χ1n) is 6.94. The molecule has 112 valence electrons. The Morgan fingerprint density at radius 1 is 1.29 bits per heavy atom. The Bertz CT molecular complexity index is 622. The molecule has 1 heterocycles. The normalized spacial score (nSPS) is 10.7. The highest BCUT2D eigenvalue weighted by Gasteiger charge is 2.22. The van der Waals surface area contributed by atoms with E-state index in [1.165, 1.54) is 0 Å². The largest absolute Gasteiger partial charge is 0.333 e. The van der Waals surface area contributed by atoms with Gasteiger partial charge in [-0.1, -0.05) is 30.3 Å². The van der Waals surface area contributed by atoms with Gasteiger partial charge in [0, 0.05) is 31.7 Å². The molecule has 2 rings (SSSR count). The van der Waals surface area contributed by atoms with Gasteiger partial charge in [-0.3, -0.25) is 9.48 Å². The third-order valence-corrected chi connectivity index (χ3v) is 3.75. The molecule has 0 atom stereocenters. The van der Waals surface area contributed by atoms with Crippen LogP contribution in [0.4, 0.5) is 0 Å². The van der Waals surface area contributed by atoms with Gasteiger partial charge < -0.3 is 4.90 Å². The molecule has 1 amide bonds. The summed E-state index contributed by atoms with van der Waals surface area (Å²) in [5, 5.41) is 4.32. The summed E-state index contributed by atoms with van der Waals surface area (Å²) in [5.74, 6) is 0.402. The number of aryl methyl sites for hydroxylation is 2. The van der Waals surface area contributed by atoms with E-state index in [4.69, 9.17) is 11.6 Å². The summed E-state index contributed by atoms with van der Waals surface area (Å²) >= 11 is 5.86. The van der Waals surface area contributed by atoms with Gasteiger partial charge in [0.15, 0.2) is 0 Å². The lowest BCUT2D eigenvalue weighted by Gasteiger charge is -2.22. The Morgan fingerprint density at radius 2 is 1.95 bits per heavy atom. The van der Waals surface area contributed by atoms with E-state index in [9.17, 15) is 4.79 Å². The van der Waals surface area contributed by atoms with Gasteiger partial charge >= 0.3 is 0 Å². The van der Waals surface area contributed by atoms with E-state index in [-0.39, 0.29) is 5.91 Å². The van der Waals surface area contributed by atoms with Crippen LogP contribution in [0.1, 0.15) is 27.3 Å². The maximum atomic E-state index is 12.8. The average molecular weight is 306 g/mol. The zero-order valence-corrected chi connectivity index (χ0v) is 13.4. The fraction of sp³-hybridized carbons (Fsp3) is 0.375. The smallest absolute Gasteiger partial charge is 0.257 e. The molecule has 0 spiro atoms. The Morgan fingerprint density at radius 3 is 2.48 bits per heavy atom. The van der Waals surface area contributed by atoms with E-state index in [0.29, 0.717) is 24.5 Å². The SMILES string of the molecule is Cc1nn(C)c(C)c1C(=O)N(CCCl)Cc1ccccc1. The third kappa shape index (κ3) is 3.45. The molecule has 0 fully saturated rings. The molecule has 0 aliphatic rings. The van der Waals surface area contributed by atoms with Crippen molar-refractivity contribution < 1.29 is 4.79 Å². The third-order valence-electron chi connectivity index (χ3n) is 3.58. The molecule has 0 N–H and O–H groups in total. The van der Waals surface area contributed by atoms with Crippen LogP contribution in [-0.4, -0.2) is 33.0 Å². The molecule has 0 saturated heterocycles. The number of rotatable bonds is 5. The number of amides is 1. The molecule has 0 aliphatic carbocycles. The number of nitrogens with zero attached hydrogens (tertiary/aromatic N) is 3. The average Bonchev–Trinajstić information content (AvgIpc) is 2.72. The van der Waals surface area contributed by atoms with Gasteiger partial charge in [0.05, 0.1) is 11.3 Å². The van der Waals surface area contributed by atoms with Crippen molar-refractivity contribution in [3.8, 4) is 0 Å². The second-order valence-electron chi connectivity index (χ2n) is 5.07. The molecule has 0 saturated carbocycles. The first kappa shape index (κ1) is 15.6. The van der Waals surface area contributed by atoms with Crippen molar-refractivity contribution in [3.63, 3.8) is 0 Å². The fourth-order valence-electron chi connectivity index (χ4n) is 2.40. The molecule has 0 bridgehead atoms. The number of carbonyl (C=O) groups is 1. The number of hydrogen-bond acceptors (Lipinski definition) is 2. The fourth-order valence-corrected chi connectivity index (χ4v) is 2.60. The van der Waals surface area contributed by atoms with Crippen LogP contribution in [0.5, 0.6) is 0 Å². The van der Waals surface area contributed by atoms with Crippen LogP contribution in [0, 0.1) is 13.8 Å². The highest BCUT2D eigenvalue weighted by molar-refractivity contribution is 6.18. The molecule has 0 radical (unpaired) electrons. The quantitative estimate of drug-likeness (QED) is 0.797. The van der Waals surface area contributed by atoms with Gasteiger partial charge in [-0.2, -0.15) is 5.10 Å². The van der Waals surface area contributed by atoms with Crippen molar-refractivity contribution in [1.82, 2.24) is 14.7 Å². The van der Waals surface area contributed by atoms with Crippen molar-refractivity contribution in [2.45, 2.75) is 20.4 Å². The van der Waals surface area contributed by atoms with Crippen LogP contribution in [-0.2, 0) is 13.6 Å². The van der Waals surface area contributed by atoms with Crippen LogP contribution in [0.25, 0.3) is 0 Å². The molecule has 0 aliphatic heterocycles. The van der Waals surface area contributed by atoms with Crippen molar-refractivity contribution >= 4 is 17.5 Å². The lowest BCUT2D eigenvalue weighted by atomic mass is 10.1. The lowest BCUT2D eigenvalue weighted by molar-refractivity contribution is 0.0752. The molecular formula is C16H20ClN3O. The molecule has 4 nitrogen and oxygen atoms in total. The molecule has 1 aromatic heterocycles.